The molecule has 1 rings (SSSR count). The average Bonchev–Trinajstić information content (AvgIpc) is 2.36. The van der Waals surface area contributed by atoms with Crippen LogP contribution in [0.25, 0.3) is 0 Å². The number of aliphatic hydroxyl groups is 1. The van der Waals surface area contributed by atoms with Crippen LogP contribution in [0, 0.1) is 0 Å². The monoisotopic (exact) mass is 352 g/mol. The van der Waals surface area contributed by atoms with E-state index >= 15 is 0 Å². The largest absolute Gasteiger partial charge is 0.490 e. The van der Waals surface area contributed by atoms with E-state index in [2.05, 4.69) is 21.2 Å². The van der Waals surface area contributed by atoms with Gasteiger partial charge in [-0.05, 0) is 28.1 Å². The van der Waals surface area contributed by atoms with E-state index in [9.17, 15) is 9.90 Å². The van der Waals surface area contributed by atoms with Crippen LogP contribution < -0.4 is 15.8 Å². The first-order chi connectivity index (χ1) is 8.63. The van der Waals surface area contributed by atoms with E-state index in [4.69, 9.17) is 10.5 Å². The van der Waals surface area contributed by atoms with Crippen LogP contribution in [-0.4, -0.2) is 36.8 Å². The van der Waals surface area contributed by atoms with Crippen molar-refractivity contribution in [3.8, 4) is 5.75 Å². The quantitative estimate of drug-likeness (QED) is 0.685. The molecule has 19 heavy (non-hydrogen) atoms. The number of rotatable bonds is 7. The van der Waals surface area contributed by atoms with Gasteiger partial charge in [-0.25, -0.2) is 0 Å². The Morgan fingerprint density at radius 3 is 2.79 bits per heavy atom. The van der Waals surface area contributed by atoms with Gasteiger partial charge >= 0.3 is 0 Å². The number of benzene rings is 1. The second-order valence-electron chi connectivity index (χ2n) is 3.74. The number of carbonyl (C=O) groups is 1. The molecule has 1 amide bonds. The number of ether oxygens (including phenoxy) is 1. The van der Waals surface area contributed by atoms with E-state index in [1.54, 1.807) is 6.07 Å². The van der Waals surface area contributed by atoms with Crippen molar-refractivity contribution in [2.24, 2.45) is 5.73 Å². The van der Waals surface area contributed by atoms with Crippen LogP contribution in [0.15, 0.2) is 28.7 Å². The van der Waals surface area contributed by atoms with Gasteiger partial charge in [0.05, 0.1) is 4.47 Å². The third-order valence-corrected chi connectivity index (χ3v) is 2.83. The lowest BCUT2D eigenvalue weighted by molar-refractivity contribution is -0.121. The molecule has 0 spiro atoms. The van der Waals surface area contributed by atoms with E-state index in [-0.39, 0.29) is 37.9 Å². The smallest absolute Gasteiger partial charge is 0.221 e. The first kappa shape index (κ1) is 18.2. The number of aliphatic hydroxyl groups excluding tert-OH is 1. The summed E-state index contributed by atoms with van der Waals surface area (Å²) < 4.78 is 6.24. The number of nitrogens with one attached hydrogen (secondary N) is 1. The van der Waals surface area contributed by atoms with Crippen molar-refractivity contribution in [2.75, 3.05) is 19.7 Å². The number of hydrogen-bond acceptors (Lipinski definition) is 4. The minimum Gasteiger partial charge on any atom is -0.490 e. The highest BCUT2D eigenvalue weighted by molar-refractivity contribution is 9.10. The molecule has 5 nitrogen and oxygen atoms in total. The van der Waals surface area contributed by atoms with Gasteiger partial charge in [-0.2, -0.15) is 0 Å². The Labute approximate surface area is 127 Å². The highest BCUT2D eigenvalue weighted by Gasteiger charge is 2.08. The van der Waals surface area contributed by atoms with Gasteiger partial charge in [0.2, 0.25) is 5.91 Å². The number of para-hydroxylation sites is 1. The molecule has 0 aliphatic rings. The summed E-state index contributed by atoms with van der Waals surface area (Å²) in [7, 11) is 0. The minimum absolute atomic E-state index is 0. The highest BCUT2D eigenvalue weighted by Crippen LogP contribution is 2.23. The van der Waals surface area contributed by atoms with Crippen LogP contribution in [0.3, 0.4) is 0 Å². The predicted octanol–water partition coefficient (Wildman–Crippen LogP) is 1.08. The Balaban J connectivity index is 0.00000324. The van der Waals surface area contributed by atoms with Crippen LogP contribution in [0.5, 0.6) is 5.75 Å². The summed E-state index contributed by atoms with van der Waals surface area (Å²) in [6.07, 6.45) is -0.489. The molecule has 0 fully saturated rings. The van der Waals surface area contributed by atoms with Gasteiger partial charge in [0.1, 0.15) is 18.5 Å². The summed E-state index contributed by atoms with van der Waals surface area (Å²) in [5, 5.41) is 12.2. The Bertz CT molecular complexity index is 393. The van der Waals surface area contributed by atoms with Crippen molar-refractivity contribution in [1.29, 1.82) is 0 Å². The fourth-order valence-electron chi connectivity index (χ4n) is 1.26. The van der Waals surface area contributed by atoms with E-state index in [0.717, 1.165) is 4.47 Å². The second kappa shape index (κ2) is 10.0. The van der Waals surface area contributed by atoms with Crippen molar-refractivity contribution >= 4 is 34.2 Å². The van der Waals surface area contributed by atoms with E-state index < -0.39 is 6.10 Å². The van der Waals surface area contributed by atoms with E-state index in [1.165, 1.54) is 0 Å². The topological polar surface area (TPSA) is 84.6 Å². The molecule has 4 N–H and O–H groups in total. The zero-order chi connectivity index (χ0) is 13.4. The van der Waals surface area contributed by atoms with Gasteiger partial charge in [-0.3, -0.25) is 4.79 Å². The molecule has 0 heterocycles. The standard InChI is InChI=1S/C12H17BrN2O3.ClH/c13-10-3-1-2-4-11(10)18-8-9(16)7-15-12(17)5-6-14;/h1-4,9,16H,5-8,14H2,(H,15,17);1H. The Morgan fingerprint density at radius 1 is 1.47 bits per heavy atom. The molecule has 7 heteroatoms. The number of carbonyl (C=O) groups excluding carboxylic acids is 1. The van der Waals surface area contributed by atoms with Crippen LogP contribution in [0.2, 0.25) is 0 Å². The zero-order valence-electron chi connectivity index (χ0n) is 10.3. The molecule has 1 atom stereocenters. The van der Waals surface area contributed by atoms with Crippen LogP contribution in [0.1, 0.15) is 6.42 Å². The first-order valence-corrected chi connectivity index (χ1v) is 6.45. The normalized spacial score (nSPS) is 11.3. The summed E-state index contributed by atoms with van der Waals surface area (Å²) in [6, 6.07) is 7.37. The lowest BCUT2D eigenvalue weighted by Crippen LogP contribution is -2.36. The second-order valence-corrected chi connectivity index (χ2v) is 4.59. The van der Waals surface area contributed by atoms with Crippen LogP contribution in [-0.2, 0) is 4.79 Å². The zero-order valence-corrected chi connectivity index (χ0v) is 12.7. The fourth-order valence-corrected chi connectivity index (χ4v) is 1.66. The van der Waals surface area contributed by atoms with E-state index in [0.29, 0.717) is 12.3 Å². The van der Waals surface area contributed by atoms with Gasteiger partial charge in [0.25, 0.3) is 0 Å². The lowest BCUT2D eigenvalue weighted by Gasteiger charge is -2.13. The van der Waals surface area contributed by atoms with Gasteiger partial charge in [-0.1, -0.05) is 12.1 Å². The molecule has 0 aliphatic heterocycles. The van der Waals surface area contributed by atoms with Gasteiger partial charge in [0, 0.05) is 19.5 Å². The maximum Gasteiger partial charge on any atom is 0.221 e. The summed E-state index contributed by atoms with van der Waals surface area (Å²) in [6.45, 7) is 0.574. The SMILES string of the molecule is Cl.NCCC(=O)NCC(O)COc1ccccc1Br. The highest BCUT2D eigenvalue weighted by atomic mass is 79.9. The molecule has 0 radical (unpaired) electrons. The first-order valence-electron chi connectivity index (χ1n) is 5.65. The van der Waals surface area contributed by atoms with Crippen molar-refractivity contribution in [2.45, 2.75) is 12.5 Å². The molecule has 0 aromatic heterocycles. The van der Waals surface area contributed by atoms with Crippen molar-refractivity contribution in [3.05, 3.63) is 28.7 Å². The third kappa shape index (κ3) is 7.37. The Hall–Kier alpha value is -0.820. The molecule has 1 unspecified atom stereocenters. The molecule has 0 saturated heterocycles. The molecular weight excluding hydrogens is 335 g/mol. The summed E-state index contributed by atoms with van der Waals surface area (Å²) in [4.78, 5) is 11.1. The Morgan fingerprint density at radius 2 is 2.16 bits per heavy atom. The Kier molecular flexibility index (Phi) is 9.59. The van der Waals surface area contributed by atoms with Gasteiger partial charge < -0.3 is 20.9 Å². The van der Waals surface area contributed by atoms with E-state index in [1.807, 2.05) is 18.2 Å². The average molecular weight is 354 g/mol. The summed E-state index contributed by atoms with van der Waals surface area (Å²) >= 11 is 3.34. The van der Waals surface area contributed by atoms with Crippen LogP contribution >= 0.6 is 28.3 Å². The van der Waals surface area contributed by atoms with Gasteiger partial charge in [0.15, 0.2) is 0 Å². The summed E-state index contributed by atoms with van der Waals surface area (Å²) in [5.41, 5.74) is 5.23. The number of nitrogens with two attached hydrogens (primary N) is 1. The van der Waals surface area contributed by atoms with Crippen molar-refractivity contribution in [3.63, 3.8) is 0 Å². The number of amides is 1. The molecule has 0 aliphatic carbocycles. The maximum atomic E-state index is 11.1. The molecule has 0 saturated carbocycles. The third-order valence-electron chi connectivity index (χ3n) is 2.17. The predicted molar refractivity (Wildman–Crippen MR) is 79.6 cm³/mol. The maximum absolute atomic E-state index is 11.1. The summed E-state index contributed by atoms with van der Waals surface area (Å²) in [5.74, 6) is 0.488. The molecule has 108 valence electrons. The molecule has 0 bridgehead atoms. The molecule has 1 aromatic carbocycles. The molecular formula is C12H18BrClN2O3. The van der Waals surface area contributed by atoms with Crippen molar-refractivity contribution in [1.82, 2.24) is 5.32 Å². The minimum atomic E-state index is -0.751. The number of hydrogen-bond donors (Lipinski definition) is 3. The number of halogens is 2. The van der Waals surface area contributed by atoms with Crippen LogP contribution in [0.4, 0.5) is 0 Å². The molecule has 1 aromatic rings. The van der Waals surface area contributed by atoms with Crippen molar-refractivity contribution < 1.29 is 14.6 Å². The fraction of sp³-hybridized carbons (Fsp3) is 0.417. The lowest BCUT2D eigenvalue weighted by atomic mass is 10.3. The van der Waals surface area contributed by atoms with Gasteiger partial charge in [-0.15, -0.1) is 12.4 Å².